The van der Waals surface area contributed by atoms with E-state index in [-0.39, 0.29) is 5.41 Å². The Hall–Kier alpha value is -1.02. The van der Waals surface area contributed by atoms with Crippen LogP contribution in [0.15, 0.2) is 18.2 Å². The van der Waals surface area contributed by atoms with Gasteiger partial charge in [0, 0.05) is 23.6 Å². The molecular formula is C17H27NO. The SMILES string of the molecule is COc1ccc(C)cc1C1(CNC(C)C)CC(C)C1. The molecule has 0 atom stereocenters. The summed E-state index contributed by atoms with van der Waals surface area (Å²) in [7, 11) is 1.78. The van der Waals surface area contributed by atoms with E-state index in [1.807, 2.05) is 0 Å². The van der Waals surface area contributed by atoms with Crippen LogP contribution in [0.2, 0.25) is 0 Å². The van der Waals surface area contributed by atoms with Crippen LogP contribution in [-0.4, -0.2) is 19.7 Å². The maximum atomic E-state index is 5.60. The Morgan fingerprint density at radius 2 is 2.05 bits per heavy atom. The Morgan fingerprint density at radius 3 is 2.58 bits per heavy atom. The lowest BCUT2D eigenvalue weighted by Crippen LogP contribution is -2.49. The van der Waals surface area contributed by atoms with Gasteiger partial charge in [0.1, 0.15) is 5.75 Å². The fourth-order valence-corrected chi connectivity index (χ4v) is 3.37. The summed E-state index contributed by atoms with van der Waals surface area (Å²) in [4.78, 5) is 0. The van der Waals surface area contributed by atoms with Crippen molar-refractivity contribution in [2.75, 3.05) is 13.7 Å². The number of methoxy groups -OCH3 is 1. The topological polar surface area (TPSA) is 21.3 Å². The Kier molecular flexibility index (Phi) is 4.19. The first-order valence-electron chi connectivity index (χ1n) is 7.35. The van der Waals surface area contributed by atoms with E-state index in [1.54, 1.807) is 7.11 Å². The molecule has 1 N–H and O–H groups in total. The summed E-state index contributed by atoms with van der Waals surface area (Å²) in [5.74, 6) is 1.86. The highest BCUT2D eigenvalue weighted by molar-refractivity contribution is 5.44. The van der Waals surface area contributed by atoms with Gasteiger partial charge in [0.2, 0.25) is 0 Å². The summed E-state index contributed by atoms with van der Waals surface area (Å²) in [6.07, 6.45) is 2.51. The van der Waals surface area contributed by atoms with Gasteiger partial charge in [-0.25, -0.2) is 0 Å². The van der Waals surface area contributed by atoms with Gasteiger partial charge in [0.15, 0.2) is 0 Å². The fourth-order valence-electron chi connectivity index (χ4n) is 3.37. The summed E-state index contributed by atoms with van der Waals surface area (Å²) < 4.78 is 5.60. The summed E-state index contributed by atoms with van der Waals surface area (Å²) in [6, 6.07) is 7.09. The van der Waals surface area contributed by atoms with E-state index in [9.17, 15) is 0 Å². The molecule has 2 rings (SSSR count). The van der Waals surface area contributed by atoms with Crippen molar-refractivity contribution in [3.63, 3.8) is 0 Å². The third-order valence-corrected chi connectivity index (χ3v) is 4.25. The number of benzene rings is 1. The lowest BCUT2D eigenvalue weighted by molar-refractivity contribution is 0.145. The first kappa shape index (κ1) is 14.4. The van der Waals surface area contributed by atoms with Gasteiger partial charge in [0.05, 0.1) is 7.11 Å². The molecule has 2 nitrogen and oxygen atoms in total. The summed E-state index contributed by atoms with van der Waals surface area (Å²) in [5, 5.41) is 3.62. The molecule has 0 bridgehead atoms. The molecule has 2 heteroatoms. The first-order valence-corrected chi connectivity index (χ1v) is 7.35. The molecule has 0 heterocycles. The highest BCUT2D eigenvalue weighted by atomic mass is 16.5. The monoisotopic (exact) mass is 261 g/mol. The van der Waals surface area contributed by atoms with Crippen molar-refractivity contribution in [1.82, 2.24) is 5.32 Å². The third kappa shape index (κ3) is 2.94. The van der Waals surface area contributed by atoms with Crippen molar-refractivity contribution in [1.29, 1.82) is 0 Å². The van der Waals surface area contributed by atoms with E-state index in [2.05, 4.69) is 51.2 Å². The predicted octanol–water partition coefficient (Wildman–Crippen LogP) is 3.67. The van der Waals surface area contributed by atoms with Crippen molar-refractivity contribution >= 4 is 0 Å². The predicted molar refractivity (Wildman–Crippen MR) is 80.9 cm³/mol. The minimum Gasteiger partial charge on any atom is -0.496 e. The molecule has 1 aromatic carbocycles. The van der Waals surface area contributed by atoms with E-state index in [0.717, 1.165) is 18.2 Å². The summed E-state index contributed by atoms with van der Waals surface area (Å²) in [6.45, 7) is 9.98. The quantitative estimate of drug-likeness (QED) is 0.873. The molecule has 0 aromatic heterocycles. The summed E-state index contributed by atoms with van der Waals surface area (Å²) >= 11 is 0. The molecule has 1 aliphatic rings. The largest absolute Gasteiger partial charge is 0.496 e. The second-order valence-corrected chi connectivity index (χ2v) is 6.53. The maximum Gasteiger partial charge on any atom is 0.122 e. The van der Waals surface area contributed by atoms with Crippen molar-refractivity contribution in [3.8, 4) is 5.75 Å². The van der Waals surface area contributed by atoms with E-state index in [1.165, 1.54) is 24.0 Å². The number of aryl methyl sites for hydroxylation is 1. The molecule has 0 amide bonds. The standard InChI is InChI=1S/C17H27NO/c1-12(2)18-11-17(9-14(4)10-17)15-8-13(3)6-7-16(15)19-5/h6-8,12,14,18H,9-11H2,1-5H3. The van der Waals surface area contributed by atoms with Gasteiger partial charge < -0.3 is 10.1 Å². The molecule has 19 heavy (non-hydrogen) atoms. The zero-order valence-electron chi connectivity index (χ0n) is 12.9. The number of rotatable bonds is 5. The normalized spacial score (nSPS) is 26.3. The zero-order chi connectivity index (χ0) is 14.0. The van der Waals surface area contributed by atoms with Gasteiger partial charge in [-0.2, -0.15) is 0 Å². The first-order chi connectivity index (χ1) is 8.97. The van der Waals surface area contributed by atoms with Crippen LogP contribution in [0, 0.1) is 12.8 Å². The lowest BCUT2D eigenvalue weighted by Gasteiger charge is -2.48. The number of nitrogens with one attached hydrogen (secondary N) is 1. The van der Waals surface area contributed by atoms with Gasteiger partial charge in [-0.1, -0.05) is 38.5 Å². The van der Waals surface area contributed by atoms with Crippen LogP contribution < -0.4 is 10.1 Å². The zero-order valence-corrected chi connectivity index (χ0v) is 12.9. The third-order valence-electron chi connectivity index (χ3n) is 4.25. The van der Waals surface area contributed by atoms with Crippen molar-refractivity contribution < 1.29 is 4.74 Å². The Labute approximate surface area is 117 Å². The number of ether oxygens (including phenoxy) is 1. The molecule has 1 saturated carbocycles. The molecular weight excluding hydrogens is 234 g/mol. The molecule has 106 valence electrons. The fraction of sp³-hybridized carbons (Fsp3) is 0.647. The highest BCUT2D eigenvalue weighted by Gasteiger charge is 2.44. The van der Waals surface area contributed by atoms with Crippen LogP contribution in [0.1, 0.15) is 44.7 Å². The summed E-state index contributed by atoms with van der Waals surface area (Å²) in [5.41, 5.74) is 2.97. The van der Waals surface area contributed by atoms with Crippen LogP contribution in [0.3, 0.4) is 0 Å². The Balaban J connectivity index is 2.31. The minimum atomic E-state index is 0.265. The molecule has 1 aromatic rings. The molecule has 0 unspecified atom stereocenters. The van der Waals surface area contributed by atoms with Crippen molar-refractivity contribution in [3.05, 3.63) is 29.3 Å². The Morgan fingerprint density at radius 1 is 1.37 bits per heavy atom. The minimum absolute atomic E-state index is 0.265. The van der Waals surface area contributed by atoms with Crippen LogP contribution in [0.25, 0.3) is 0 Å². The van der Waals surface area contributed by atoms with E-state index < -0.39 is 0 Å². The van der Waals surface area contributed by atoms with Gasteiger partial charge in [-0.05, 0) is 31.7 Å². The lowest BCUT2D eigenvalue weighted by atomic mass is 9.58. The number of hydrogen-bond donors (Lipinski definition) is 1. The van der Waals surface area contributed by atoms with Crippen molar-refractivity contribution in [2.24, 2.45) is 5.92 Å². The van der Waals surface area contributed by atoms with Gasteiger partial charge in [-0.15, -0.1) is 0 Å². The van der Waals surface area contributed by atoms with Gasteiger partial charge in [-0.3, -0.25) is 0 Å². The Bertz CT molecular complexity index is 433. The molecule has 0 radical (unpaired) electrons. The highest BCUT2D eigenvalue weighted by Crippen LogP contribution is 2.50. The van der Waals surface area contributed by atoms with Crippen LogP contribution >= 0.6 is 0 Å². The van der Waals surface area contributed by atoms with E-state index in [4.69, 9.17) is 4.74 Å². The van der Waals surface area contributed by atoms with Crippen molar-refractivity contribution in [2.45, 2.75) is 52.0 Å². The van der Waals surface area contributed by atoms with E-state index in [0.29, 0.717) is 6.04 Å². The molecule has 1 aliphatic carbocycles. The molecule has 1 fully saturated rings. The van der Waals surface area contributed by atoms with E-state index >= 15 is 0 Å². The smallest absolute Gasteiger partial charge is 0.122 e. The molecule has 0 aliphatic heterocycles. The van der Waals surface area contributed by atoms with Gasteiger partial charge >= 0.3 is 0 Å². The van der Waals surface area contributed by atoms with Gasteiger partial charge in [0.25, 0.3) is 0 Å². The maximum absolute atomic E-state index is 5.60. The van der Waals surface area contributed by atoms with Crippen LogP contribution in [0.5, 0.6) is 5.75 Å². The second kappa shape index (κ2) is 5.54. The van der Waals surface area contributed by atoms with Crippen LogP contribution in [0.4, 0.5) is 0 Å². The molecule has 0 spiro atoms. The number of hydrogen-bond acceptors (Lipinski definition) is 2. The van der Waals surface area contributed by atoms with Crippen LogP contribution in [-0.2, 0) is 5.41 Å². The molecule has 0 saturated heterocycles. The average Bonchev–Trinajstić information content (AvgIpc) is 2.33. The second-order valence-electron chi connectivity index (χ2n) is 6.53. The average molecular weight is 261 g/mol.